The second kappa shape index (κ2) is 8.82. The van der Waals surface area contributed by atoms with Gasteiger partial charge in [0.1, 0.15) is 0 Å². The van der Waals surface area contributed by atoms with E-state index < -0.39 is 0 Å². The van der Waals surface area contributed by atoms with Crippen molar-refractivity contribution >= 4 is 22.7 Å². The van der Waals surface area contributed by atoms with Crippen LogP contribution in [-0.4, -0.2) is 13.1 Å². The van der Waals surface area contributed by atoms with Crippen LogP contribution in [0.4, 0.5) is 22.7 Å². The van der Waals surface area contributed by atoms with Crippen LogP contribution in [0.15, 0.2) is 48.5 Å². The van der Waals surface area contributed by atoms with Crippen molar-refractivity contribution in [1.82, 2.24) is 0 Å². The van der Waals surface area contributed by atoms with Gasteiger partial charge in [0.2, 0.25) is 0 Å². The van der Waals surface area contributed by atoms with Crippen molar-refractivity contribution in [2.45, 2.75) is 25.7 Å². The lowest BCUT2D eigenvalue weighted by Crippen LogP contribution is -2.05. The van der Waals surface area contributed by atoms with E-state index >= 15 is 0 Å². The Kier molecular flexibility index (Phi) is 6.42. The summed E-state index contributed by atoms with van der Waals surface area (Å²) in [6.07, 6.45) is 4.74. The molecular weight excluding hydrogens is 272 g/mol. The molecule has 0 aliphatic heterocycles. The highest BCUT2D eigenvalue weighted by Crippen LogP contribution is 2.17. The maximum atomic E-state index is 5.89. The Morgan fingerprint density at radius 3 is 1.41 bits per heavy atom. The van der Waals surface area contributed by atoms with Gasteiger partial charge in [0.05, 0.1) is 22.7 Å². The molecule has 2 rings (SSSR count). The fourth-order valence-electron chi connectivity index (χ4n) is 2.37. The van der Waals surface area contributed by atoms with Crippen LogP contribution in [0, 0.1) is 0 Å². The van der Waals surface area contributed by atoms with Crippen LogP contribution in [0.3, 0.4) is 0 Å². The Morgan fingerprint density at radius 1 is 0.591 bits per heavy atom. The van der Waals surface area contributed by atoms with Crippen molar-refractivity contribution in [2.24, 2.45) is 0 Å². The first kappa shape index (κ1) is 16.0. The summed E-state index contributed by atoms with van der Waals surface area (Å²) in [5.41, 5.74) is 15.5. The van der Waals surface area contributed by atoms with Crippen LogP contribution < -0.4 is 22.1 Å². The van der Waals surface area contributed by atoms with Gasteiger partial charge in [0.25, 0.3) is 0 Å². The summed E-state index contributed by atoms with van der Waals surface area (Å²) in [6, 6.07) is 15.8. The van der Waals surface area contributed by atoms with Gasteiger partial charge in [0, 0.05) is 13.1 Å². The Bertz CT molecular complexity index is 517. The number of nitrogen functional groups attached to an aromatic ring is 2. The molecule has 0 amide bonds. The summed E-state index contributed by atoms with van der Waals surface area (Å²) in [7, 11) is 0. The van der Waals surface area contributed by atoms with Crippen LogP contribution in [0.5, 0.6) is 0 Å². The van der Waals surface area contributed by atoms with Gasteiger partial charge >= 0.3 is 0 Å². The van der Waals surface area contributed by atoms with Gasteiger partial charge in [-0.1, -0.05) is 37.1 Å². The first-order valence-electron chi connectivity index (χ1n) is 7.94. The van der Waals surface area contributed by atoms with E-state index in [0.717, 1.165) is 48.7 Å². The maximum Gasteiger partial charge on any atom is 0.0573 e. The lowest BCUT2D eigenvalue weighted by Gasteiger charge is -2.10. The fourth-order valence-corrected chi connectivity index (χ4v) is 2.37. The molecule has 0 saturated heterocycles. The average Bonchev–Trinajstić information content (AvgIpc) is 2.53. The molecule has 0 heterocycles. The molecule has 0 unspecified atom stereocenters. The lowest BCUT2D eigenvalue weighted by molar-refractivity contribution is 0.671. The van der Waals surface area contributed by atoms with Crippen molar-refractivity contribution in [2.75, 3.05) is 35.2 Å². The van der Waals surface area contributed by atoms with Crippen molar-refractivity contribution in [3.63, 3.8) is 0 Å². The molecule has 2 aromatic rings. The molecule has 0 aliphatic carbocycles. The predicted octanol–water partition coefficient (Wildman–Crippen LogP) is 3.94. The molecule has 0 aromatic heterocycles. The van der Waals surface area contributed by atoms with E-state index in [1.807, 2.05) is 48.5 Å². The topological polar surface area (TPSA) is 76.1 Å². The van der Waals surface area contributed by atoms with E-state index in [9.17, 15) is 0 Å². The Morgan fingerprint density at radius 2 is 1.00 bits per heavy atom. The second-order valence-electron chi connectivity index (χ2n) is 5.44. The van der Waals surface area contributed by atoms with E-state index in [-0.39, 0.29) is 0 Å². The normalized spacial score (nSPS) is 10.4. The number of benzene rings is 2. The van der Waals surface area contributed by atoms with Gasteiger partial charge in [-0.2, -0.15) is 0 Å². The molecular formula is C18H26N4. The summed E-state index contributed by atoms with van der Waals surface area (Å²) < 4.78 is 0. The number of para-hydroxylation sites is 4. The standard InChI is InChI=1S/C18H26N4/c19-15-9-3-5-11-17(15)21-13-7-1-2-8-14-22-18-12-6-4-10-16(18)20/h3-6,9-12,21-22H,1-2,7-8,13-14,19-20H2. The minimum Gasteiger partial charge on any atom is -0.397 e. The smallest absolute Gasteiger partial charge is 0.0573 e. The van der Waals surface area contributed by atoms with E-state index in [2.05, 4.69) is 10.6 Å². The zero-order valence-corrected chi connectivity index (χ0v) is 13.0. The SMILES string of the molecule is Nc1ccccc1NCCCCCCNc1ccccc1N. The van der Waals surface area contributed by atoms with Crippen molar-refractivity contribution in [1.29, 1.82) is 0 Å². The van der Waals surface area contributed by atoms with Crippen LogP contribution in [0.1, 0.15) is 25.7 Å². The predicted molar refractivity (Wildman–Crippen MR) is 97.2 cm³/mol. The highest BCUT2D eigenvalue weighted by Gasteiger charge is 1.97. The molecule has 6 N–H and O–H groups in total. The molecule has 0 bridgehead atoms. The zero-order valence-electron chi connectivity index (χ0n) is 13.0. The Balaban J connectivity index is 1.51. The van der Waals surface area contributed by atoms with Gasteiger partial charge in [-0.05, 0) is 37.1 Å². The van der Waals surface area contributed by atoms with Crippen molar-refractivity contribution in [3.05, 3.63) is 48.5 Å². The van der Waals surface area contributed by atoms with Gasteiger partial charge < -0.3 is 22.1 Å². The minimum absolute atomic E-state index is 0.812. The molecule has 4 heteroatoms. The molecule has 0 fully saturated rings. The summed E-state index contributed by atoms with van der Waals surface area (Å²) in [5.74, 6) is 0. The number of hydrogen-bond acceptors (Lipinski definition) is 4. The molecule has 4 nitrogen and oxygen atoms in total. The average molecular weight is 298 g/mol. The van der Waals surface area contributed by atoms with Crippen LogP contribution >= 0.6 is 0 Å². The number of anilines is 4. The summed E-state index contributed by atoms with van der Waals surface area (Å²) >= 11 is 0. The molecule has 118 valence electrons. The van der Waals surface area contributed by atoms with E-state index in [4.69, 9.17) is 11.5 Å². The van der Waals surface area contributed by atoms with E-state index in [1.165, 1.54) is 12.8 Å². The number of rotatable bonds is 9. The first-order valence-corrected chi connectivity index (χ1v) is 7.94. The number of hydrogen-bond donors (Lipinski definition) is 4. The number of nitrogens with two attached hydrogens (primary N) is 2. The number of nitrogens with one attached hydrogen (secondary N) is 2. The molecule has 0 spiro atoms. The highest BCUT2D eigenvalue weighted by atomic mass is 14.9. The van der Waals surface area contributed by atoms with Crippen LogP contribution in [0.2, 0.25) is 0 Å². The third kappa shape index (κ3) is 5.20. The monoisotopic (exact) mass is 298 g/mol. The van der Waals surface area contributed by atoms with Crippen LogP contribution in [-0.2, 0) is 0 Å². The second-order valence-corrected chi connectivity index (χ2v) is 5.44. The van der Waals surface area contributed by atoms with Crippen molar-refractivity contribution < 1.29 is 0 Å². The fraction of sp³-hybridized carbons (Fsp3) is 0.333. The minimum atomic E-state index is 0.812. The molecule has 2 aromatic carbocycles. The highest BCUT2D eigenvalue weighted by molar-refractivity contribution is 5.66. The summed E-state index contributed by atoms with van der Waals surface area (Å²) in [5, 5.41) is 6.76. The number of unbranched alkanes of at least 4 members (excludes halogenated alkanes) is 3. The Labute approximate surface area is 132 Å². The molecule has 0 saturated carbocycles. The van der Waals surface area contributed by atoms with Crippen LogP contribution in [0.25, 0.3) is 0 Å². The summed E-state index contributed by atoms with van der Waals surface area (Å²) in [4.78, 5) is 0. The van der Waals surface area contributed by atoms with Crippen molar-refractivity contribution in [3.8, 4) is 0 Å². The quantitative estimate of drug-likeness (QED) is 0.418. The molecule has 0 radical (unpaired) electrons. The van der Waals surface area contributed by atoms with Gasteiger partial charge in [-0.3, -0.25) is 0 Å². The summed E-state index contributed by atoms with van der Waals surface area (Å²) in [6.45, 7) is 1.93. The lowest BCUT2D eigenvalue weighted by atomic mass is 10.2. The molecule has 0 atom stereocenters. The van der Waals surface area contributed by atoms with E-state index in [0.29, 0.717) is 0 Å². The molecule has 0 aliphatic rings. The van der Waals surface area contributed by atoms with Gasteiger partial charge in [-0.25, -0.2) is 0 Å². The Hall–Kier alpha value is -2.36. The third-order valence-electron chi connectivity index (χ3n) is 3.66. The van der Waals surface area contributed by atoms with Gasteiger partial charge in [0.15, 0.2) is 0 Å². The van der Waals surface area contributed by atoms with E-state index in [1.54, 1.807) is 0 Å². The molecule has 22 heavy (non-hydrogen) atoms. The maximum absolute atomic E-state index is 5.89. The zero-order chi connectivity index (χ0) is 15.6. The van der Waals surface area contributed by atoms with Gasteiger partial charge in [-0.15, -0.1) is 0 Å². The first-order chi connectivity index (χ1) is 10.8. The third-order valence-corrected chi connectivity index (χ3v) is 3.66. The largest absolute Gasteiger partial charge is 0.397 e.